The van der Waals surface area contributed by atoms with Crippen molar-refractivity contribution in [3.8, 4) is 0 Å². The third kappa shape index (κ3) is 5.44. The number of hydrogen-bond donors (Lipinski definition) is 2. The number of esters is 1. The molecule has 1 aromatic heterocycles. The van der Waals surface area contributed by atoms with Crippen LogP contribution in [0.15, 0.2) is 48.7 Å². The molecule has 172 valence electrons. The molecule has 0 aliphatic carbocycles. The second-order valence-corrected chi connectivity index (χ2v) is 7.58. The van der Waals surface area contributed by atoms with E-state index in [0.717, 1.165) is 13.1 Å². The Morgan fingerprint density at radius 3 is 2.64 bits per heavy atom. The number of carbonyl (C=O) groups is 2. The minimum atomic E-state index is -0.535. The van der Waals surface area contributed by atoms with Crippen molar-refractivity contribution in [2.45, 2.75) is 0 Å². The van der Waals surface area contributed by atoms with Gasteiger partial charge >= 0.3 is 5.97 Å². The lowest BCUT2D eigenvalue weighted by molar-refractivity contribution is 0.0196. The Kier molecular flexibility index (Phi) is 7.11. The third-order valence-corrected chi connectivity index (χ3v) is 5.44. The number of benzene rings is 2. The van der Waals surface area contributed by atoms with E-state index >= 15 is 0 Å². The number of rotatable bonds is 7. The number of carbonyl (C=O) groups excluding carboxylic acids is 2. The average Bonchev–Trinajstić information content (AvgIpc) is 2.85. The fourth-order valence-electron chi connectivity index (χ4n) is 3.62. The number of ether oxygens (including phenoxy) is 2. The van der Waals surface area contributed by atoms with Crippen LogP contribution in [0.25, 0.3) is 10.9 Å². The van der Waals surface area contributed by atoms with Crippen LogP contribution in [-0.4, -0.2) is 68.3 Å². The third-order valence-electron chi connectivity index (χ3n) is 5.44. The number of fused-ring (bicyclic) bond motifs is 1. The highest BCUT2D eigenvalue weighted by Gasteiger charge is 2.19. The molecule has 0 atom stereocenters. The molecule has 4 rings (SSSR count). The summed E-state index contributed by atoms with van der Waals surface area (Å²) < 4.78 is 24.3. The molecule has 1 aliphatic rings. The first-order chi connectivity index (χ1) is 16.0. The zero-order valence-corrected chi connectivity index (χ0v) is 18.3. The van der Waals surface area contributed by atoms with E-state index in [1.54, 1.807) is 37.4 Å². The summed E-state index contributed by atoms with van der Waals surface area (Å²) in [4.78, 5) is 31.7. The minimum absolute atomic E-state index is 0.225. The van der Waals surface area contributed by atoms with Crippen molar-refractivity contribution in [1.82, 2.24) is 15.2 Å². The normalized spacial score (nSPS) is 14.1. The SMILES string of the molecule is CNC(=O)c1ccc2ncc(C(=O)OCCN3CCOCC3)c(Nc3ccc(F)cc3)c2c1. The summed E-state index contributed by atoms with van der Waals surface area (Å²) >= 11 is 0. The van der Waals surface area contributed by atoms with Crippen LogP contribution in [0.1, 0.15) is 20.7 Å². The van der Waals surface area contributed by atoms with Crippen molar-refractivity contribution in [2.75, 3.05) is 51.8 Å². The van der Waals surface area contributed by atoms with E-state index in [0.29, 0.717) is 47.6 Å². The standard InChI is InChI=1S/C24H25FN4O4/c1-26-23(30)16-2-7-21-19(14-16)22(28-18-5-3-17(25)4-6-18)20(15-27-21)24(31)33-13-10-29-8-11-32-12-9-29/h2-7,14-15H,8-13H2,1H3,(H,26,30)(H,27,28). The van der Waals surface area contributed by atoms with Gasteiger partial charge in [-0.2, -0.15) is 0 Å². The van der Waals surface area contributed by atoms with Crippen LogP contribution in [0, 0.1) is 5.82 Å². The van der Waals surface area contributed by atoms with E-state index in [9.17, 15) is 14.0 Å². The van der Waals surface area contributed by atoms with Crippen LogP contribution < -0.4 is 10.6 Å². The monoisotopic (exact) mass is 452 g/mol. The van der Waals surface area contributed by atoms with Crippen LogP contribution in [-0.2, 0) is 9.47 Å². The Morgan fingerprint density at radius 1 is 1.15 bits per heavy atom. The van der Waals surface area contributed by atoms with Crippen LogP contribution in [0.3, 0.4) is 0 Å². The molecular formula is C24H25FN4O4. The summed E-state index contributed by atoms with van der Waals surface area (Å²) in [6, 6.07) is 10.8. The van der Waals surface area contributed by atoms with Gasteiger partial charge in [0, 0.05) is 49.5 Å². The summed E-state index contributed by atoms with van der Waals surface area (Å²) in [7, 11) is 1.55. The molecule has 2 aromatic carbocycles. The molecule has 2 heterocycles. The van der Waals surface area contributed by atoms with E-state index in [1.807, 2.05) is 0 Å². The Bertz CT molecular complexity index is 1150. The average molecular weight is 452 g/mol. The van der Waals surface area contributed by atoms with Gasteiger partial charge in [-0.3, -0.25) is 14.7 Å². The zero-order chi connectivity index (χ0) is 23.2. The first-order valence-electron chi connectivity index (χ1n) is 10.7. The quantitative estimate of drug-likeness (QED) is 0.533. The van der Waals surface area contributed by atoms with Crippen molar-refractivity contribution in [1.29, 1.82) is 0 Å². The van der Waals surface area contributed by atoms with Crippen LogP contribution in [0.2, 0.25) is 0 Å². The Labute approximate surface area is 190 Å². The number of nitrogens with zero attached hydrogens (tertiary/aromatic N) is 2. The summed E-state index contributed by atoms with van der Waals surface area (Å²) in [6.07, 6.45) is 1.45. The zero-order valence-electron chi connectivity index (χ0n) is 18.3. The number of halogens is 1. The van der Waals surface area contributed by atoms with Gasteiger partial charge in [-0.05, 0) is 42.5 Å². The van der Waals surface area contributed by atoms with Gasteiger partial charge in [0.25, 0.3) is 5.91 Å². The largest absolute Gasteiger partial charge is 0.461 e. The number of amides is 1. The molecule has 0 radical (unpaired) electrons. The molecular weight excluding hydrogens is 427 g/mol. The van der Waals surface area contributed by atoms with Gasteiger partial charge in [-0.15, -0.1) is 0 Å². The number of nitrogens with one attached hydrogen (secondary N) is 2. The number of anilines is 2. The molecule has 8 nitrogen and oxygen atoms in total. The molecule has 0 saturated carbocycles. The van der Waals surface area contributed by atoms with Gasteiger partial charge in [-0.1, -0.05) is 0 Å². The molecule has 2 N–H and O–H groups in total. The summed E-state index contributed by atoms with van der Waals surface area (Å²) in [5, 5.41) is 6.34. The summed E-state index contributed by atoms with van der Waals surface area (Å²) in [6.45, 7) is 3.77. The Hall–Kier alpha value is -3.56. The fourth-order valence-corrected chi connectivity index (χ4v) is 3.62. The maximum absolute atomic E-state index is 13.4. The van der Waals surface area contributed by atoms with E-state index < -0.39 is 5.97 Å². The second-order valence-electron chi connectivity index (χ2n) is 7.58. The predicted molar refractivity (Wildman–Crippen MR) is 122 cm³/mol. The highest BCUT2D eigenvalue weighted by atomic mass is 19.1. The number of morpholine rings is 1. The number of pyridine rings is 1. The topological polar surface area (TPSA) is 92.8 Å². The van der Waals surface area contributed by atoms with Gasteiger partial charge in [0.1, 0.15) is 18.0 Å². The van der Waals surface area contributed by atoms with Crippen molar-refractivity contribution in [3.05, 3.63) is 65.6 Å². The second kappa shape index (κ2) is 10.4. The maximum atomic E-state index is 13.4. The number of hydrogen-bond acceptors (Lipinski definition) is 7. The molecule has 9 heteroatoms. The Balaban J connectivity index is 1.65. The predicted octanol–water partition coefficient (Wildman–Crippen LogP) is 2.97. The molecule has 0 spiro atoms. The highest BCUT2D eigenvalue weighted by molar-refractivity contribution is 6.08. The van der Waals surface area contributed by atoms with Gasteiger partial charge in [0.15, 0.2) is 0 Å². The molecule has 1 fully saturated rings. The fraction of sp³-hybridized carbons (Fsp3) is 0.292. The molecule has 0 unspecified atom stereocenters. The van der Waals surface area contributed by atoms with Crippen molar-refractivity contribution in [2.24, 2.45) is 0 Å². The van der Waals surface area contributed by atoms with Crippen molar-refractivity contribution >= 4 is 34.2 Å². The van der Waals surface area contributed by atoms with Gasteiger partial charge in [0.2, 0.25) is 0 Å². The lowest BCUT2D eigenvalue weighted by atomic mass is 10.1. The Morgan fingerprint density at radius 2 is 1.91 bits per heavy atom. The molecule has 3 aromatic rings. The van der Waals surface area contributed by atoms with Crippen molar-refractivity contribution < 1.29 is 23.5 Å². The van der Waals surface area contributed by atoms with Gasteiger partial charge < -0.3 is 20.1 Å². The van der Waals surface area contributed by atoms with E-state index in [-0.39, 0.29) is 23.9 Å². The van der Waals surface area contributed by atoms with Crippen LogP contribution in [0.4, 0.5) is 15.8 Å². The van der Waals surface area contributed by atoms with E-state index in [4.69, 9.17) is 9.47 Å². The lowest BCUT2D eigenvalue weighted by Gasteiger charge is -2.26. The molecule has 1 saturated heterocycles. The summed E-state index contributed by atoms with van der Waals surface area (Å²) in [5.41, 5.74) is 2.26. The molecule has 1 aliphatic heterocycles. The maximum Gasteiger partial charge on any atom is 0.341 e. The molecule has 0 bridgehead atoms. The molecule has 33 heavy (non-hydrogen) atoms. The smallest absolute Gasteiger partial charge is 0.341 e. The van der Waals surface area contributed by atoms with Gasteiger partial charge in [0.05, 0.1) is 24.4 Å². The molecule has 1 amide bonds. The lowest BCUT2D eigenvalue weighted by Crippen LogP contribution is -2.38. The van der Waals surface area contributed by atoms with Crippen molar-refractivity contribution in [3.63, 3.8) is 0 Å². The first kappa shape index (κ1) is 22.6. The van der Waals surface area contributed by atoms with Crippen LogP contribution in [0.5, 0.6) is 0 Å². The van der Waals surface area contributed by atoms with Crippen LogP contribution >= 0.6 is 0 Å². The summed E-state index contributed by atoms with van der Waals surface area (Å²) in [5.74, 6) is -1.17. The number of aromatic nitrogens is 1. The van der Waals surface area contributed by atoms with E-state index in [2.05, 4.69) is 20.5 Å². The van der Waals surface area contributed by atoms with E-state index in [1.165, 1.54) is 18.3 Å². The first-order valence-corrected chi connectivity index (χ1v) is 10.7. The van der Waals surface area contributed by atoms with Gasteiger partial charge in [-0.25, -0.2) is 9.18 Å². The highest BCUT2D eigenvalue weighted by Crippen LogP contribution is 2.30. The minimum Gasteiger partial charge on any atom is -0.461 e.